The molecule has 3 aliphatic rings. The first kappa shape index (κ1) is 18.0. The van der Waals surface area contributed by atoms with E-state index in [0.29, 0.717) is 12.5 Å². The second-order valence-electron chi connectivity index (χ2n) is 8.46. The second kappa shape index (κ2) is 7.67. The number of piperidine rings is 2. The van der Waals surface area contributed by atoms with Crippen LogP contribution in [0, 0.1) is 17.3 Å². The van der Waals surface area contributed by atoms with Crippen LogP contribution in [0.3, 0.4) is 0 Å². The van der Waals surface area contributed by atoms with Crippen LogP contribution in [-0.4, -0.2) is 48.7 Å². The lowest BCUT2D eigenvalue weighted by atomic mass is 9.92. The Morgan fingerprint density at radius 1 is 1.27 bits per heavy atom. The summed E-state index contributed by atoms with van der Waals surface area (Å²) >= 11 is 0. The maximum absolute atomic E-state index is 12.7. The van der Waals surface area contributed by atoms with Gasteiger partial charge in [0, 0.05) is 24.8 Å². The molecule has 3 fully saturated rings. The molecule has 1 unspecified atom stereocenters. The van der Waals surface area contributed by atoms with Gasteiger partial charge in [-0.3, -0.25) is 9.69 Å². The predicted octanol–water partition coefficient (Wildman–Crippen LogP) is 2.22. The number of likely N-dealkylation sites (tertiary alicyclic amines) is 1. The minimum Gasteiger partial charge on any atom is -0.396 e. The number of nitrogens with one attached hydrogen (secondary N) is 2. The van der Waals surface area contributed by atoms with Gasteiger partial charge in [0.05, 0.1) is 0 Å². The van der Waals surface area contributed by atoms with Crippen molar-refractivity contribution in [2.45, 2.75) is 38.6 Å². The number of nitrogens with zero attached hydrogens (tertiary/aromatic N) is 1. The van der Waals surface area contributed by atoms with Gasteiger partial charge in [0.2, 0.25) is 5.91 Å². The molecular weight excluding hydrogens is 326 g/mol. The Balaban J connectivity index is 1.31. The highest BCUT2D eigenvalue weighted by Gasteiger charge is 2.57. The number of carbonyl (C=O) groups is 1. The van der Waals surface area contributed by atoms with Crippen molar-refractivity contribution in [3.8, 4) is 0 Å². The van der Waals surface area contributed by atoms with E-state index in [9.17, 15) is 9.90 Å². The van der Waals surface area contributed by atoms with Crippen molar-refractivity contribution in [2.75, 3.05) is 38.1 Å². The largest absolute Gasteiger partial charge is 0.396 e. The van der Waals surface area contributed by atoms with Gasteiger partial charge in [-0.1, -0.05) is 12.1 Å². The fraction of sp³-hybridized carbons (Fsp3) is 0.667. The molecule has 26 heavy (non-hydrogen) atoms. The summed E-state index contributed by atoms with van der Waals surface area (Å²) in [6, 6.07) is 8.29. The second-order valence-corrected chi connectivity index (χ2v) is 8.46. The summed E-state index contributed by atoms with van der Waals surface area (Å²) in [6.45, 7) is 5.41. The molecule has 2 aliphatic heterocycles. The Kier molecular flexibility index (Phi) is 5.30. The van der Waals surface area contributed by atoms with Crippen LogP contribution in [0.1, 0.15) is 37.7 Å². The monoisotopic (exact) mass is 357 g/mol. The van der Waals surface area contributed by atoms with E-state index < -0.39 is 0 Å². The summed E-state index contributed by atoms with van der Waals surface area (Å²) < 4.78 is 0. The summed E-state index contributed by atoms with van der Waals surface area (Å²) in [5.41, 5.74) is 2.45. The summed E-state index contributed by atoms with van der Waals surface area (Å²) in [5.74, 6) is 0.872. The third-order valence-electron chi connectivity index (χ3n) is 6.67. The summed E-state index contributed by atoms with van der Waals surface area (Å²) in [5, 5.41) is 15.8. The molecule has 5 nitrogen and oxygen atoms in total. The molecule has 3 N–H and O–H groups in total. The Hall–Kier alpha value is -1.43. The molecule has 0 aromatic heterocycles. The van der Waals surface area contributed by atoms with Crippen molar-refractivity contribution in [3.05, 3.63) is 29.8 Å². The number of hydrogen-bond donors (Lipinski definition) is 3. The number of aliphatic hydroxyl groups excluding tert-OH is 1. The quantitative estimate of drug-likeness (QED) is 0.756. The molecular formula is C21H31N3O2. The molecule has 5 heteroatoms. The van der Waals surface area contributed by atoms with Crippen molar-refractivity contribution < 1.29 is 9.90 Å². The normalized spacial score (nSPS) is 26.0. The smallest absolute Gasteiger partial charge is 0.228 e. The molecule has 1 aromatic rings. The Morgan fingerprint density at radius 2 is 2.04 bits per heavy atom. The first-order chi connectivity index (χ1) is 12.7. The average Bonchev–Trinajstić information content (AvgIpc) is 3.36. The van der Waals surface area contributed by atoms with Gasteiger partial charge in [-0.05, 0) is 87.3 Å². The van der Waals surface area contributed by atoms with Crippen molar-refractivity contribution in [1.82, 2.24) is 10.2 Å². The van der Waals surface area contributed by atoms with E-state index in [1.807, 2.05) is 12.1 Å². The first-order valence-corrected chi connectivity index (χ1v) is 10.1. The molecule has 1 amide bonds. The first-order valence-electron chi connectivity index (χ1n) is 10.1. The lowest BCUT2D eigenvalue weighted by Crippen LogP contribution is -2.34. The zero-order valence-corrected chi connectivity index (χ0v) is 15.5. The molecule has 4 rings (SSSR count). The molecule has 1 atom stereocenters. The Bertz CT molecular complexity index is 634. The van der Waals surface area contributed by atoms with Crippen molar-refractivity contribution >= 4 is 11.6 Å². The maximum atomic E-state index is 12.7. The topological polar surface area (TPSA) is 64.6 Å². The highest BCUT2D eigenvalue weighted by atomic mass is 16.3. The molecule has 0 bridgehead atoms. The standard InChI is InChI=1S/C21H31N3O2/c25-15-16-4-10-24(11-5-16)14-17-2-1-3-18(12-17)23-20(26)19-13-21(19)6-8-22-9-7-21/h1-3,12,16,19,22,25H,4-11,13-15H2,(H,23,26). The van der Waals surface area contributed by atoms with Crippen LogP contribution < -0.4 is 10.6 Å². The van der Waals surface area contributed by atoms with Gasteiger partial charge in [0.25, 0.3) is 0 Å². The third-order valence-corrected chi connectivity index (χ3v) is 6.67. The highest BCUT2D eigenvalue weighted by molar-refractivity contribution is 5.95. The number of anilines is 1. The fourth-order valence-corrected chi connectivity index (χ4v) is 4.76. The molecule has 0 radical (unpaired) electrons. The number of amides is 1. The van der Waals surface area contributed by atoms with E-state index in [1.54, 1.807) is 0 Å². The highest BCUT2D eigenvalue weighted by Crippen LogP contribution is 2.58. The minimum atomic E-state index is 0.200. The van der Waals surface area contributed by atoms with Gasteiger partial charge in [0.15, 0.2) is 0 Å². The van der Waals surface area contributed by atoms with E-state index in [1.165, 1.54) is 5.56 Å². The number of rotatable bonds is 5. The average molecular weight is 357 g/mol. The summed E-state index contributed by atoms with van der Waals surface area (Å²) in [4.78, 5) is 15.1. The molecule has 142 valence electrons. The number of carbonyl (C=O) groups excluding carboxylic acids is 1. The number of benzene rings is 1. The Morgan fingerprint density at radius 3 is 2.77 bits per heavy atom. The van der Waals surface area contributed by atoms with Gasteiger partial charge < -0.3 is 15.7 Å². The summed E-state index contributed by atoms with van der Waals surface area (Å²) in [7, 11) is 0. The molecule has 1 aromatic carbocycles. The van der Waals surface area contributed by atoms with Gasteiger partial charge in [0.1, 0.15) is 0 Å². The predicted molar refractivity (Wildman–Crippen MR) is 103 cm³/mol. The molecule has 1 aliphatic carbocycles. The fourth-order valence-electron chi connectivity index (χ4n) is 4.76. The van der Waals surface area contributed by atoms with Crippen molar-refractivity contribution in [3.63, 3.8) is 0 Å². The molecule has 1 saturated carbocycles. The molecule has 2 saturated heterocycles. The summed E-state index contributed by atoms with van der Waals surface area (Å²) in [6.07, 6.45) is 5.47. The van der Waals surface area contributed by atoms with E-state index in [0.717, 1.165) is 70.5 Å². The van der Waals surface area contributed by atoms with Crippen LogP contribution >= 0.6 is 0 Å². The van der Waals surface area contributed by atoms with Crippen LogP contribution in [0.5, 0.6) is 0 Å². The van der Waals surface area contributed by atoms with Gasteiger partial charge in [-0.2, -0.15) is 0 Å². The third kappa shape index (κ3) is 3.95. The lowest BCUT2D eigenvalue weighted by Gasteiger charge is -2.31. The maximum Gasteiger partial charge on any atom is 0.228 e. The van der Waals surface area contributed by atoms with Crippen molar-refractivity contribution in [2.24, 2.45) is 17.3 Å². The zero-order valence-electron chi connectivity index (χ0n) is 15.5. The van der Waals surface area contributed by atoms with Gasteiger partial charge in [-0.15, -0.1) is 0 Å². The SMILES string of the molecule is O=C(Nc1cccc(CN2CCC(CO)CC2)c1)C1CC12CCNCC2. The zero-order chi connectivity index (χ0) is 18.0. The molecule has 2 heterocycles. The minimum absolute atomic E-state index is 0.200. The van der Waals surface area contributed by atoms with E-state index in [2.05, 4.69) is 27.7 Å². The van der Waals surface area contributed by atoms with Crippen LogP contribution in [0.4, 0.5) is 5.69 Å². The van der Waals surface area contributed by atoms with Crippen LogP contribution in [0.2, 0.25) is 0 Å². The lowest BCUT2D eigenvalue weighted by molar-refractivity contribution is -0.118. The van der Waals surface area contributed by atoms with E-state index >= 15 is 0 Å². The van der Waals surface area contributed by atoms with Crippen LogP contribution in [0.25, 0.3) is 0 Å². The number of aliphatic hydroxyl groups is 1. The van der Waals surface area contributed by atoms with E-state index in [4.69, 9.17) is 0 Å². The van der Waals surface area contributed by atoms with Gasteiger partial charge >= 0.3 is 0 Å². The van der Waals surface area contributed by atoms with Gasteiger partial charge in [-0.25, -0.2) is 0 Å². The van der Waals surface area contributed by atoms with E-state index in [-0.39, 0.29) is 17.2 Å². The Labute approximate surface area is 156 Å². The van der Waals surface area contributed by atoms with Crippen LogP contribution in [-0.2, 0) is 11.3 Å². The number of hydrogen-bond acceptors (Lipinski definition) is 4. The van der Waals surface area contributed by atoms with Crippen LogP contribution in [0.15, 0.2) is 24.3 Å². The molecule has 1 spiro atoms. The van der Waals surface area contributed by atoms with Crippen molar-refractivity contribution in [1.29, 1.82) is 0 Å².